The van der Waals surface area contributed by atoms with Crippen molar-refractivity contribution in [2.45, 2.75) is 124 Å². The van der Waals surface area contributed by atoms with Crippen LogP contribution in [0.15, 0.2) is 40.9 Å². The van der Waals surface area contributed by atoms with Crippen molar-refractivity contribution in [2.75, 3.05) is 26.7 Å². The summed E-state index contributed by atoms with van der Waals surface area (Å²) < 4.78 is 21.1. The number of hydrogen-bond acceptors (Lipinski definition) is 4. The Morgan fingerprint density at radius 1 is 1.16 bits per heavy atom. The van der Waals surface area contributed by atoms with Crippen LogP contribution in [0.5, 0.6) is 0 Å². The van der Waals surface area contributed by atoms with E-state index in [0.717, 1.165) is 74.8 Å². The number of ether oxygens (including phenoxy) is 1. The Morgan fingerprint density at radius 3 is 2.47 bits per heavy atom. The zero-order valence-electron chi connectivity index (χ0n) is 28.4. The summed E-state index contributed by atoms with van der Waals surface area (Å²) in [6.45, 7) is 18.9. The van der Waals surface area contributed by atoms with Crippen molar-refractivity contribution in [1.82, 2.24) is 10.2 Å². The fourth-order valence-electron chi connectivity index (χ4n) is 7.88. The second kappa shape index (κ2) is 16.7. The van der Waals surface area contributed by atoms with E-state index >= 15 is 0 Å². The van der Waals surface area contributed by atoms with Gasteiger partial charge >= 0.3 is 6.09 Å². The van der Waals surface area contributed by atoms with Gasteiger partial charge in [0.25, 0.3) is 0 Å². The molecule has 1 fully saturated rings. The standard InChI is InChI=1S/C37H60FN3O2/c1-9-18-37(32-14-13-15-33(38)24-32,31-16-19-41(20-17-31)25-29(12-4)21-26(5)10-2)34-22-30(28(7)40-27(6)11-3)23-35(34)43-36(42)39-8/h13-15,22,24,26,28-29,31,34-35H,9-12,16-21,23,25H2,1-8H3,(H,39,42)/b40-27+/t26?,28?,29?,34-,35-,37-/m0/s1. The quantitative estimate of drug-likeness (QED) is 0.162. The summed E-state index contributed by atoms with van der Waals surface area (Å²) in [7, 11) is 1.62. The molecule has 1 aliphatic carbocycles. The van der Waals surface area contributed by atoms with Crippen molar-refractivity contribution in [3.63, 3.8) is 0 Å². The van der Waals surface area contributed by atoms with E-state index in [9.17, 15) is 9.18 Å². The van der Waals surface area contributed by atoms with Gasteiger partial charge in [0.05, 0.1) is 6.04 Å². The lowest BCUT2D eigenvalue weighted by molar-refractivity contribution is 0.0165. The maximum absolute atomic E-state index is 15.0. The maximum atomic E-state index is 15.0. The average Bonchev–Trinajstić information content (AvgIpc) is 3.43. The fourth-order valence-corrected chi connectivity index (χ4v) is 7.88. The molecule has 1 amide bonds. The molecule has 6 atom stereocenters. The molecule has 0 radical (unpaired) electrons. The van der Waals surface area contributed by atoms with E-state index in [1.165, 1.54) is 24.8 Å². The van der Waals surface area contributed by atoms with E-state index in [0.29, 0.717) is 12.3 Å². The number of carbonyl (C=O) groups is 1. The molecule has 1 aromatic carbocycles. The first-order valence-electron chi connectivity index (χ1n) is 17.2. The monoisotopic (exact) mass is 597 g/mol. The van der Waals surface area contributed by atoms with Crippen LogP contribution in [0.25, 0.3) is 0 Å². The first-order chi connectivity index (χ1) is 20.6. The maximum Gasteiger partial charge on any atom is 0.407 e. The lowest BCUT2D eigenvalue weighted by Crippen LogP contribution is -2.51. The Morgan fingerprint density at radius 2 is 1.88 bits per heavy atom. The van der Waals surface area contributed by atoms with E-state index in [1.807, 2.05) is 6.07 Å². The van der Waals surface area contributed by atoms with Crippen molar-refractivity contribution in [1.29, 1.82) is 0 Å². The van der Waals surface area contributed by atoms with Gasteiger partial charge in [-0.15, -0.1) is 0 Å². The summed E-state index contributed by atoms with van der Waals surface area (Å²) in [5, 5.41) is 2.68. The van der Waals surface area contributed by atoms with Crippen LogP contribution in [0, 0.1) is 29.5 Å². The molecule has 5 nitrogen and oxygen atoms in total. The highest BCUT2D eigenvalue weighted by Gasteiger charge is 2.52. The number of alkyl carbamates (subject to hydrolysis) is 1. The predicted octanol–water partition coefficient (Wildman–Crippen LogP) is 8.97. The van der Waals surface area contributed by atoms with E-state index in [-0.39, 0.29) is 29.3 Å². The van der Waals surface area contributed by atoms with Crippen LogP contribution in [0.1, 0.15) is 112 Å². The number of halogens is 1. The number of hydrogen-bond donors (Lipinski definition) is 1. The number of likely N-dealkylation sites (tertiary alicyclic amines) is 1. The summed E-state index contributed by atoms with van der Waals surface area (Å²) in [6.07, 6.45) is 11.0. The Labute approximate surface area is 262 Å². The predicted molar refractivity (Wildman–Crippen MR) is 178 cm³/mol. The van der Waals surface area contributed by atoms with Gasteiger partial charge in [0.2, 0.25) is 0 Å². The Kier molecular flexibility index (Phi) is 13.7. The number of rotatable bonds is 15. The van der Waals surface area contributed by atoms with E-state index in [1.54, 1.807) is 19.2 Å². The number of aliphatic imine (C=N–C) groups is 1. The molecular weight excluding hydrogens is 537 g/mol. The lowest BCUT2D eigenvalue weighted by Gasteiger charge is -2.50. The molecule has 0 bridgehead atoms. The number of nitrogens with zero attached hydrogens (tertiary/aromatic N) is 2. The highest BCUT2D eigenvalue weighted by molar-refractivity contribution is 5.81. The Bertz CT molecular complexity index is 1080. The minimum Gasteiger partial charge on any atom is -0.445 e. The molecule has 0 saturated carbocycles. The number of carbonyl (C=O) groups excluding carboxylic acids is 1. The average molecular weight is 598 g/mol. The molecule has 0 aromatic heterocycles. The highest BCUT2D eigenvalue weighted by Crippen LogP contribution is 2.53. The summed E-state index contributed by atoms with van der Waals surface area (Å²) in [6, 6.07) is 7.30. The number of amides is 1. The molecule has 1 aromatic rings. The first kappa shape index (κ1) is 35.3. The molecule has 1 aliphatic heterocycles. The molecule has 6 heteroatoms. The van der Waals surface area contributed by atoms with Gasteiger partial charge in [0, 0.05) is 37.1 Å². The van der Waals surface area contributed by atoms with Crippen molar-refractivity contribution >= 4 is 11.8 Å². The zero-order chi connectivity index (χ0) is 31.6. The minimum absolute atomic E-state index is 0.0194. The third kappa shape index (κ3) is 8.93. The van der Waals surface area contributed by atoms with E-state index < -0.39 is 6.09 Å². The van der Waals surface area contributed by atoms with Crippen LogP contribution < -0.4 is 5.32 Å². The summed E-state index contributed by atoms with van der Waals surface area (Å²) in [5.41, 5.74) is 3.05. The summed E-state index contributed by atoms with van der Waals surface area (Å²) in [4.78, 5) is 20.3. The zero-order valence-corrected chi connectivity index (χ0v) is 28.4. The largest absolute Gasteiger partial charge is 0.445 e. The van der Waals surface area contributed by atoms with Gasteiger partial charge in [0.1, 0.15) is 11.9 Å². The van der Waals surface area contributed by atoms with Crippen LogP contribution >= 0.6 is 0 Å². The highest BCUT2D eigenvalue weighted by atomic mass is 19.1. The van der Waals surface area contributed by atoms with Gasteiger partial charge in [-0.25, -0.2) is 9.18 Å². The SMILES string of the molecule is CCC[C@@](c1cccc(F)c1)(C1CCN(CC(CC)CC(C)CC)CC1)[C@H]1C=C(C(C)/N=C(\C)CC)C[C@@H]1OC(=O)NC. The van der Waals surface area contributed by atoms with Crippen molar-refractivity contribution < 1.29 is 13.9 Å². The van der Waals surface area contributed by atoms with Gasteiger partial charge in [-0.2, -0.15) is 0 Å². The van der Waals surface area contributed by atoms with Crippen LogP contribution in [0.3, 0.4) is 0 Å². The van der Waals surface area contributed by atoms with Crippen LogP contribution in [-0.4, -0.2) is 55.5 Å². The van der Waals surface area contributed by atoms with Crippen molar-refractivity contribution in [2.24, 2.45) is 28.7 Å². The summed E-state index contributed by atoms with van der Waals surface area (Å²) >= 11 is 0. The van der Waals surface area contributed by atoms with Gasteiger partial charge in [-0.3, -0.25) is 4.99 Å². The normalized spacial score (nSPS) is 23.7. The molecule has 3 rings (SSSR count). The van der Waals surface area contributed by atoms with Crippen LogP contribution in [0.2, 0.25) is 0 Å². The molecular formula is C37H60FN3O2. The summed E-state index contributed by atoms with van der Waals surface area (Å²) in [5.74, 6) is 1.60. The second-order valence-corrected chi connectivity index (χ2v) is 13.5. The smallest absolute Gasteiger partial charge is 0.407 e. The van der Waals surface area contributed by atoms with Crippen LogP contribution in [0.4, 0.5) is 9.18 Å². The molecule has 3 unspecified atom stereocenters. The molecule has 1 N–H and O–H groups in total. The van der Waals surface area contributed by atoms with Gasteiger partial charge in [-0.05, 0) is 100 Å². The molecule has 43 heavy (non-hydrogen) atoms. The van der Waals surface area contributed by atoms with Crippen molar-refractivity contribution in [3.05, 3.63) is 47.3 Å². The molecule has 2 aliphatic rings. The molecule has 1 saturated heterocycles. The third-order valence-electron chi connectivity index (χ3n) is 10.6. The van der Waals surface area contributed by atoms with Gasteiger partial charge in [0.15, 0.2) is 0 Å². The second-order valence-electron chi connectivity index (χ2n) is 13.5. The Balaban J connectivity index is 2.03. The molecule has 0 spiro atoms. The lowest BCUT2D eigenvalue weighted by atomic mass is 9.57. The van der Waals surface area contributed by atoms with Crippen LogP contribution in [-0.2, 0) is 10.2 Å². The minimum atomic E-state index is -0.406. The number of piperidine rings is 1. The molecule has 1 heterocycles. The molecule has 242 valence electrons. The third-order valence-corrected chi connectivity index (χ3v) is 10.6. The van der Waals surface area contributed by atoms with Gasteiger partial charge in [-0.1, -0.05) is 72.1 Å². The van der Waals surface area contributed by atoms with E-state index in [2.05, 4.69) is 70.8 Å². The first-order valence-corrected chi connectivity index (χ1v) is 17.2. The topological polar surface area (TPSA) is 53.9 Å². The fraction of sp³-hybridized carbons (Fsp3) is 0.730. The number of nitrogens with one attached hydrogen (secondary N) is 1. The number of benzene rings is 1. The Hall–Kier alpha value is -2.21. The van der Waals surface area contributed by atoms with Crippen molar-refractivity contribution in [3.8, 4) is 0 Å². The van der Waals surface area contributed by atoms with Gasteiger partial charge < -0.3 is 15.0 Å². The van der Waals surface area contributed by atoms with E-state index in [4.69, 9.17) is 9.73 Å².